The highest BCUT2D eigenvalue weighted by Gasteiger charge is 2.33. The molecule has 172 valence electrons. The minimum atomic E-state index is -0.0543. The molecule has 8 heteroatoms. The van der Waals surface area contributed by atoms with Gasteiger partial charge in [-0.15, -0.1) is 11.3 Å². The number of piperazine rings is 1. The summed E-state index contributed by atoms with van der Waals surface area (Å²) in [6, 6.07) is 12.1. The molecule has 0 radical (unpaired) electrons. The minimum Gasteiger partial charge on any atom is -0.491 e. The molecule has 1 fully saturated rings. The summed E-state index contributed by atoms with van der Waals surface area (Å²) in [6.45, 7) is 10.3. The van der Waals surface area contributed by atoms with Crippen molar-refractivity contribution in [3.8, 4) is 22.9 Å². The van der Waals surface area contributed by atoms with E-state index in [2.05, 4.69) is 24.1 Å². The third kappa shape index (κ3) is 3.51. The van der Waals surface area contributed by atoms with E-state index in [1.54, 1.807) is 0 Å². The lowest BCUT2D eigenvalue weighted by molar-refractivity contribution is -0.128. The first-order valence-electron chi connectivity index (χ1n) is 11.0. The zero-order valence-corrected chi connectivity index (χ0v) is 20.1. The summed E-state index contributed by atoms with van der Waals surface area (Å²) in [4.78, 5) is 16.2. The predicted molar refractivity (Wildman–Crippen MR) is 138 cm³/mol. The summed E-state index contributed by atoms with van der Waals surface area (Å²) >= 11 is 8.35. The van der Waals surface area contributed by atoms with Crippen LogP contribution in [-0.2, 0) is 4.79 Å². The van der Waals surface area contributed by atoms with Crippen LogP contribution in [0.1, 0.15) is 17.5 Å². The molecule has 3 aromatic rings. The van der Waals surface area contributed by atoms with E-state index in [9.17, 15) is 10.1 Å². The van der Waals surface area contributed by atoms with Gasteiger partial charge in [-0.05, 0) is 23.8 Å². The van der Waals surface area contributed by atoms with Crippen LogP contribution in [0, 0.1) is 11.3 Å². The maximum absolute atomic E-state index is 12.1. The lowest BCUT2D eigenvalue weighted by atomic mass is 9.96. The van der Waals surface area contributed by atoms with Gasteiger partial charge in [0.25, 0.3) is 0 Å². The summed E-state index contributed by atoms with van der Waals surface area (Å²) in [5.74, 6) is 0.534. The Balaban J connectivity index is 1.56. The van der Waals surface area contributed by atoms with E-state index in [1.165, 1.54) is 17.4 Å². The van der Waals surface area contributed by atoms with Crippen molar-refractivity contribution < 1.29 is 9.53 Å². The van der Waals surface area contributed by atoms with Crippen molar-refractivity contribution in [2.24, 2.45) is 0 Å². The fourth-order valence-electron chi connectivity index (χ4n) is 4.87. The van der Waals surface area contributed by atoms with Crippen molar-refractivity contribution in [3.05, 3.63) is 65.7 Å². The van der Waals surface area contributed by atoms with Crippen LogP contribution >= 0.6 is 22.9 Å². The smallest absolute Gasteiger partial charge is 0.246 e. The van der Waals surface area contributed by atoms with Gasteiger partial charge in [0.05, 0.1) is 17.2 Å². The van der Waals surface area contributed by atoms with Gasteiger partial charge >= 0.3 is 0 Å². The number of halogens is 1. The monoisotopic (exact) mass is 490 g/mol. The van der Waals surface area contributed by atoms with E-state index in [4.69, 9.17) is 22.1 Å². The first kappa shape index (κ1) is 22.3. The van der Waals surface area contributed by atoms with Crippen molar-refractivity contribution in [2.75, 3.05) is 32.0 Å². The molecule has 1 aromatic heterocycles. The standard InChI is InChI=1S/C26H23ClN4O2S/c1-3-22(32)30-10-11-31-15(2)17-7-8-19(24(27)25(17)33-12-9-16(31)14-30)18-5-4-6-21-23(18)20(13-28)26(29)34-21/h3-8,16H,1-2,9-12,14,29H2/t16-/m0/s1. The molecule has 2 aromatic carbocycles. The molecule has 34 heavy (non-hydrogen) atoms. The van der Waals surface area contributed by atoms with Crippen LogP contribution in [0.4, 0.5) is 5.00 Å². The Hall–Kier alpha value is -3.47. The number of rotatable bonds is 2. The second kappa shape index (κ2) is 8.71. The molecular formula is C26H23ClN4O2S. The first-order valence-corrected chi connectivity index (χ1v) is 12.2. The minimum absolute atomic E-state index is 0.0543. The Kier molecular flexibility index (Phi) is 5.72. The Labute approximate surface area is 207 Å². The third-order valence-corrected chi connectivity index (χ3v) is 7.93. The number of thiophene rings is 1. The van der Waals surface area contributed by atoms with Crippen LogP contribution in [0.25, 0.3) is 26.9 Å². The van der Waals surface area contributed by atoms with Crippen molar-refractivity contribution in [1.82, 2.24) is 9.80 Å². The molecule has 0 spiro atoms. The maximum atomic E-state index is 12.1. The van der Waals surface area contributed by atoms with Crippen LogP contribution in [0.2, 0.25) is 5.02 Å². The molecule has 0 bridgehead atoms. The Morgan fingerprint density at radius 3 is 2.82 bits per heavy atom. The summed E-state index contributed by atoms with van der Waals surface area (Å²) < 4.78 is 7.15. The number of nitrogens with two attached hydrogens (primary N) is 1. The van der Waals surface area contributed by atoms with Crippen molar-refractivity contribution in [3.63, 3.8) is 0 Å². The summed E-state index contributed by atoms with van der Waals surface area (Å²) in [7, 11) is 0. The van der Waals surface area contributed by atoms with E-state index >= 15 is 0 Å². The highest BCUT2D eigenvalue weighted by molar-refractivity contribution is 7.23. The number of carbonyl (C=O) groups is 1. The summed E-state index contributed by atoms with van der Waals surface area (Å²) in [5.41, 5.74) is 9.87. The van der Waals surface area contributed by atoms with Crippen molar-refractivity contribution in [2.45, 2.75) is 12.5 Å². The van der Waals surface area contributed by atoms with Crippen molar-refractivity contribution >= 4 is 49.6 Å². The lowest BCUT2D eigenvalue weighted by Gasteiger charge is -2.44. The van der Waals surface area contributed by atoms with Gasteiger partial charge in [0.2, 0.25) is 5.91 Å². The van der Waals surface area contributed by atoms with E-state index in [0.29, 0.717) is 47.6 Å². The number of hydrogen-bond acceptors (Lipinski definition) is 6. The maximum Gasteiger partial charge on any atom is 0.246 e. The zero-order chi connectivity index (χ0) is 24.0. The molecule has 0 aliphatic carbocycles. The number of hydrogen-bond donors (Lipinski definition) is 1. The van der Waals surface area contributed by atoms with Gasteiger partial charge in [-0.25, -0.2) is 0 Å². The van der Waals surface area contributed by atoms with Gasteiger partial charge < -0.3 is 20.3 Å². The molecule has 2 aliphatic heterocycles. The molecule has 2 aliphatic rings. The molecular weight excluding hydrogens is 468 g/mol. The third-order valence-electron chi connectivity index (χ3n) is 6.57. The number of nitrogens with zero attached hydrogens (tertiary/aromatic N) is 3. The normalized spacial score (nSPS) is 17.8. The molecule has 2 N–H and O–H groups in total. The van der Waals surface area contributed by atoms with Crippen LogP contribution < -0.4 is 10.5 Å². The largest absolute Gasteiger partial charge is 0.491 e. The predicted octanol–water partition coefficient (Wildman–Crippen LogP) is 5.13. The van der Waals surface area contributed by atoms with Crippen molar-refractivity contribution in [1.29, 1.82) is 5.26 Å². The number of amides is 1. The quantitative estimate of drug-likeness (QED) is 0.504. The Morgan fingerprint density at radius 2 is 2.06 bits per heavy atom. The fourth-order valence-corrected chi connectivity index (χ4v) is 6.14. The van der Waals surface area contributed by atoms with Gasteiger partial charge in [0, 0.05) is 59.0 Å². The number of benzene rings is 2. The van der Waals surface area contributed by atoms with E-state index < -0.39 is 0 Å². The van der Waals surface area contributed by atoms with Crippen LogP contribution in [0.15, 0.2) is 49.6 Å². The average molecular weight is 491 g/mol. The SMILES string of the molecule is C=CC(=O)N1CCN2C(=C)c3ccc(-c4cccc5sc(N)c(C#N)c45)c(Cl)c3OCC[C@H]2C1. The molecule has 5 rings (SSSR count). The summed E-state index contributed by atoms with van der Waals surface area (Å²) in [6.07, 6.45) is 2.09. The van der Waals surface area contributed by atoms with Gasteiger partial charge in [-0.1, -0.05) is 43.0 Å². The highest BCUT2D eigenvalue weighted by atomic mass is 35.5. The average Bonchev–Trinajstić information content (AvgIpc) is 3.18. The number of anilines is 1. The second-order valence-electron chi connectivity index (χ2n) is 8.36. The Morgan fingerprint density at radius 1 is 1.26 bits per heavy atom. The van der Waals surface area contributed by atoms with E-state index in [0.717, 1.165) is 38.9 Å². The highest BCUT2D eigenvalue weighted by Crippen LogP contribution is 2.46. The fraction of sp³-hybridized carbons (Fsp3) is 0.231. The molecule has 0 saturated carbocycles. The van der Waals surface area contributed by atoms with Crippen LogP contribution in [-0.4, -0.2) is 48.0 Å². The number of fused-ring (bicyclic) bond motifs is 3. The second-order valence-corrected chi connectivity index (χ2v) is 9.82. The van der Waals surface area contributed by atoms with E-state index in [-0.39, 0.29) is 11.9 Å². The molecule has 1 amide bonds. The Bertz CT molecular complexity index is 1390. The number of ether oxygens (including phenoxy) is 1. The summed E-state index contributed by atoms with van der Waals surface area (Å²) in [5, 5.41) is 11.5. The van der Waals surface area contributed by atoms with Crippen LogP contribution in [0.5, 0.6) is 5.75 Å². The topological polar surface area (TPSA) is 82.6 Å². The zero-order valence-electron chi connectivity index (χ0n) is 18.5. The van der Waals surface area contributed by atoms with Crippen LogP contribution in [0.3, 0.4) is 0 Å². The number of carbonyl (C=O) groups excluding carboxylic acids is 1. The molecule has 1 atom stereocenters. The number of nitrogen functional groups attached to an aromatic ring is 1. The first-order chi connectivity index (χ1) is 16.4. The van der Waals surface area contributed by atoms with Gasteiger partial charge in [-0.3, -0.25) is 4.79 Å². The number of nitriles is 1. The van der Waals surface area contributed by atoms with Gasteiger partial charge in [0.15, 0.2) is 0 Å². The lowest BCUT2D eigenvalue weighted by Crippen LogP contribution is -2.54. The van der Waals surface area contributed by atoms with E-state index in [1.807, 2.05) is 35.2 Å². The van der Waals surface area contributed by atoms with Gasteiger partial charge in [-0.2, -0.15) is 5.26 Å². The molecule has 6 nitrogen and oxygen atoms in total. The van der Waals surface area contributed by atoms with Gasteiger partial charge in [0.1, 0.15) is 16.8 Å². The molecule has 0 unspecified atom stereocenters. The molecule has 3 heterocycles. The molecule has 1 saturated heterocycles.